The lowest BCUT2D eigenvalue weighted by Gasteiger charge is -2.43. The van der Waals surface area contributed by atoms with Gasteiger partial charge in [0, 0.05) is 38.6 Å². The Kier molecular flexibility index (Phi) is 10.0. The molecule has 29 heavy (non-hydrogen) atoms. The second-order valence-electron chi connectivity index (χ2n) is 7.94. The standard InChI is InChI=1S/C20H29F3N2O2.2ClH/c1-24-10-12-25(13-11-24)15-18(19(26)8-3-2-4-9-19)16-6-5-7-17(14-16)27-20(21,22)23;;/h5-7,14,18,26H,2-4,8-13,15H2,1H3;2*1H. The van der Waals surface area contributed by atoms with Crippen LogP contribution in [0.4, 0.5) is 13.2 Å². The van der Waals surface area contributed by atoms with Crippen LogP contribution in [0.1, 0.15) is 43.6 Å². The number of benzene rings is 1. The number of hydrogen-bond acceptors (Lipinski definition) is 4. The number of halogens is 5. The van der Waals surface area contributed by atoms with Gasteiger partial charge in [0.25, 0.3) is 0 Å². The van der Waals surface area contributed by atoms with Crippen LogP contribution in [0.3, 0.4) is 0 Å². The van der Waals surface area contributed by atoms with Crippen LogP contribution in [0.25, 0.3) is 0 Å². The van der Waals surface area contributed by atoms with E-state index in [1.807, 2.05) is 6.07 Å². The molecule has 1 atom stereocenters. The number of aliphatic hydroxyl groups is 1. The second-order valence-corrected chi connectivity index (χ2v) is 7.94. The van der Waals surface area contributed by atoms with E-state index in [0.29, 0.717) is 19.4 Å². The molecule has 1 saturated carbocycles. The molecule has 1 saturated heterocycles. The minimum Gasteiger partial charge on any atom is -0.406 e. The zero-order valence-corrected chi connectivity index (χ0v) is 18.3. The SMILES string of the molecule is CN1CCN(CC(c2cccc(OC(F)(F)F)c2)C2(O)CCCCC2)CC1.Cl.Cl. The fourth-order valence-electron chi connectivity index (χ4n) is 4.32. The molecule has 1 aliphatic heterocycles. The quantitative estimate of drug-likeness (QED) is 0.706. The number of hydrogen-bond donors (Lipinski definition) is 1. The van der Waals surface area contributed by atoms with E-state index in [4.69, 9.17) is 0 Å². The summed E-state index contributed by atoms with van der Waals surface area (Å²) in [5, 5.41) is 11.4. The van der Waals surface area contributed by atoms with Crippen molar-refractivity contribution in [1.82, 2.24) is 9.80 Å². The zero-order valence-electron chi connectivity index (χ0n) is 16.7. The number of nitrogens with zero attached hydrogens (tertiary/aromatic N) is 2. The average Bonchev–Trinajstić information content (AvgIpc) is 2.60. The molecule has 2 aliphatic rings. The molecule has 1 aromatic rings. The Labute approximate surface area is 183 Å². The minimum absolute atomic E-state index is 0. The molecule has 2 fully saturated rings. The largest absolute Gasteiger partial charge is 0.573 e. The van der Waals surface area contributed by atoms with Gasteiger partial charge in [0.1, 0.15) is 5.75 Å². The van der Waals surface area contributed by atoms with Crippen LogP contribution in [0.2, 0.25) is 0 Å². The highest BCUT2D eigenvalue weighted by atomic mass is 35.5. The average molecular weight is 459 g/mol. The lowest BCUT2D eigenvalue weighted by molar-refractivity contribution is -0.274. The molecule has 1 N–H and O–H groups in total. The van der Waals surface area contributed by atoms with Gasteiger partial charge in [-0.3, -0.25) is 0 Å². The molecule has 168 valence electrons. The first-order valence-electron chi connectivity index (χ1n) is 9.74. The van der Waals surface area contributed by atoms with Crippen LogP contribution in [-0.4, -0.2) is 66.6 Å². The Morgan fingerprint density at radius 1 is 1.07 bits per heavy atom. The zero-order chi connectivity index (χ0) is 19.5. The molecule has 0 spiro atoms. The van der Waals surface area contributed by atoms with E-state index in [-0.39, 0.29) is 36.5 Å². The smallest absolute Gasteiger partial charge is 0.406 e. The lowest BCUT2D eigenvalue weighted by atomic mass is 9.72. The van der Waals surface area contributed by atoms with Gasteiger partial charge in [-0.1, -0.05) is 31.4 Å². The third-order valence-electron chi connectivity index (χ3n) is 5.90. The molecule has 1 unspecified atom stereocenters. The molecule has 1 aliphatic carbocycles. The molecule has 0 radical (unpaired) electrons. The highest BCUT2D eigenvalue weighted by Crippen LogP contribution is 2.41. The number of rotatable bonds is 5. The molecular weight excluding hydrogens is 428 g/mol. The number of piperazine rings is 1. The van der Waals surface area contributed by atoms with Crippen LogP contribution in [-0.2, 0) is 0 Å². The van der Waals surface area contributed by atoms with E-state index < -0.39 is 12.0 Å². The van der Waals surface area contributed by atoms with Crippen LogP contribution >= 0.6 is 24.8 Å². The summed E-state index contributed by atoms with van der Waals surface area (Å²) in [6.07, 6.45) is -0.331. The number of likely N-dealkylation sites (N-methyl/N-ethyl adjacent to an activating group) is 1. The number of ether oxygens (including phenoxy) is 1. The first-order chi connectivity index (χ1) is 12.8. The maximum absolute atomic E-state index is 12.6. The summed E-state index contributed by atoms with van der Waals surface area (Å²) in [4.78, 5) is 4.58. The van der Waals surface area contributed by atoms with Gasteiger partial charge >= 0.3 is 6.36 Å². The van der Waals surface area contributed by atoms with Gasteiger partial charge in [0.2, 0.25) is 0 Å². The Balaban J connectivity index is 0.00000210. The third kappa shape index (κ3) is 7.47. The summed E-state index contributed by atoms with van der Waals surface area (Å²) in [6, 6.07) is 6.16. The van der Waals surface area contributed by atoms with Gasteiger partial charge in [-0.25, -0.2) is 0 Å². The molecule has 1 heterocycles. The molecule has 0 bridgehead atoms. The highest BCUT2D eigenvalue weighted by molar-refractivity contribution is 5.85. The van der Waals surface area contributed by atoms with Crippen LogP contribution in [0.5, 0.6) is 5.75 Å². The van der Waals surface area contributed by atoms with Crippen LogP contribution in [0.15, 0.2) is 24.3 Å². The summed E-state index contributed by atoms with van der Waals surface area (Å²) in [5.41, 5.74) is -0.154. The summed E-state index contributed by atoms with van der Waals surface area (Å²) >= 11 is 0. The molecular formula is C20H31Cl2F3N2O2. The lowest BCUT2D eigenvalue weighted by Crippen LogP contribution is -2.50. The fourth-order valence-corrected chi connectivity index (χ4v) is 4.32. The van der Waals surface area contributed by atoms with Gasteiger partial charge in [-0.2, -0.15) is 0 Å². The van der Waals surface area contributed by atoms with E-state index >= 15 is 0 Å². The van der Waals surface area contributed by atoms with Gasteiger partial charge in [0.05, 0.1) is 5.60 Å². The monoisotopic (exact) mass is 458 g/mol. The van der Waals surface area contributed by atoms with E-state index in [2.05, 4.69) is 21.6 Å². The Morgan fingerprint density at radius 2 is 1.69 bits per heavy atom. The van der Waals surface area contributed by atoms with E-state index in [1.165, 1.54) is 12.1 Å². The van der Waals surface area contributed by atoms with Crippen LogP contribution < -0.4 is 4.74 Å². The van der Waals surface area contributed by atoms with Crippen molar-refractivity contribution in [3.8, 4) is 5.75 Å². The van der Waals surface area contributed by atoms with Crippen molar-refractivity contribution in [2.75, 3.05) is 39.8 Å². The first-order valence-corrected chi connectivity index (χ1v) is 9.74. The van der Waals surface area contributed by atoms with Crippen LogP contribution in [0, 0.1) is 0 Å². The summed E-state index contributed by atoms with van der Waals surface area (Å²) in [6.45, 7) is 4.38. The first kappa shape index (κ1) is 26.3. The predicted molar refractivity (Wildman–Crippen MR) is 112 cm³/mol. The van der Waals surface area contributed by atoms with Crippen molar-refractivity contribution >= 4 is 24.8 Å². The summed E-state index contributed by atoms with van der Waals surface area (Å²) < 4.78 is 42.0. The normalized spacial score (nSPS) is 21.6. The molecule has 0 aromatic heterocycles. The Bertz CT molecular complexity index is 620. The Morgan fingerprint density at radius 3 is 2.28 bits per heavy atom. The second kappa shape index (κ2) is 11.0. The van der Waals surface area contributed by atoms with E-state index in [9.17, 15) is 18.3 Å². The molecule has 3 rings (SSSR count). The molecule has 9 heteroatoms. The topological polar surface area (TPSA) is 35.9 Å². The maximum atomic E-state index is 12.6. The van der Waals surface area contributed by atoms with Crippen molar-refractivity contribution in [2.24, 2.45) is 0 Å². The van der Waals surface area contributed by atoms with Crippen molar-refractivity contribution in [2.45, 2.75) is 50.0 Å². The van der Waals surface area contributed by atoms with Gasteiger partial charge in [0.15, 0.2) is 0 Å². The van der Waals surface area contributed by atoms with Crippen molar-refractivity contribution in [1.29, 1.82) is 0 Å². The summed E-state index contributed by atoms with van der Waals surface area (Å²) in [5.74, 6) is -0.444. The third-order valence-corrected chi connectivity index (χ3v) is 5.90. The van der Waals surface area contributed by atoms with Crippen molar-refractivity contribution in [3.63, 3.8) is 0 Å². The van der Waals surface area contributed by atoms with E-state index in [0.717, 1.165) is 51.0 Å². The maximum Gasteiger partial charge on any atom is 0.573 e. The van der Waals surface area contributed by atoms with Crippen molar-refractivity contribution < 1.29 is 23.0 Å². The van der Waals surface area contributed by atoms with Gasteiger partial charge in [-0.05, 0) is 37.6 Å². The molecule has 0 amide bonds. The molecule has 1 aromatic carbocycles. The van der Waals surface area contributed by atoms with Gasteiger partial charge < -0.3 is 19.6 Å². The number of alkyl halides is 3. The predicted octanol–water partition coefficient (Wildman–Crippen LogP) is 4.46. The van der Waals surface area contributed by atoms with Crippen molar-refractivity contribution in [3.05, 3.63) is 29.8 Å². The van der Waals surface area contributed by atoms with E-state index in [1.54, 1.807) is 6.07 Å². The van der Waals surface area contributed by atoms with Gasteiger partial charge in [-0.15, -0.1) is 38.0 Å². The summed E-state index contributed by atoms with van der Waals surface area (Å²) in [7, 11) is 2.08. The Hall–Kier alpha value is -0.730. The fraction of sp³-hybridized carbons (Fsp3) is 0.700. The minimum atomic E-state index is -4.71. The highest BCUT2D eigenvalue weighted by Gasteiger charge is 2.40. The molecule has 4 nitrogen and oxygen atoms in total.